The van der Waals surface area contributed by atoms with Gasteiger partial charge in [-0.2, -0.15) is 0 Å². The molecule has 1 saturated heterocycles. The van der Waals surface area contributed by atoms with E-state index in [4.69, 9.17) is 0 Å². The monoisotopic (exact) mass is 359 g/mol. The van der Waals surface area contributed by atoms with Gasteiger partial charge in [-0.15, -0.1) is 0 Å². The molecule has 0 bridgehead atoms. The average molecular weight is 360 g/mol. The summed E-state index contributed by atoms with van der Waals surface area (Å²) < 4.78 is 1.14. The Labute approximate surface area is 141 Å². The Bertz CT molecular complexity index is 577. The Kier molecular flexibility index (Phi) is 5.24. The summed E-state index contributed by atoms with van der Waals surface area (Å²) in [6.07, 6.45) is 3.75. The number of pyridine rings is 1. The molecular weight excluding hydrogens is 338 g/mol. The molecule has 0 saturated carbocycles. The van der Waals surface area contributed by atoms with E-state index in [0.29, 0.717) is 6.04 Å². The molecule has 2 heterocycles. The molecule has 0 aliphatic carbocycles. The van der Waals surface area contributed by atoms with Crippen molar-refractivity contribution in [2.75, 3.05) is 26.2 Å². The van der Waals surface area contributed by atoms with Gasteiger partial charge < -0.3 is 0 Å². The molecule has 1 aliphatic rings. The van der Waals surface area contributed by atoms with Gasteiger partial charge >= 0.3 is 0 Å². The first kappa shape index (κ1) is 15.7. The fraction of sp³-hybridized carbons (Fsp3) is 0.389. The van der Waals surface area contributed by atoms with E-state index in [1.165, 1.54) is 11.1 Å². The highest BCUT2D eigenvalue weighted by Crippen LogP contribution is 2.23. The lowest BCUT2D eigenvalue weighted by Gasteiger charge is -2.38. The summed E-state index contributed by atoms with van der Waals surface area (Å²) in [6.45, 7) is 7.85. The number of nitrogens with zero attached hydrogens (tertiary/aromatic N) is 3. The van der Waals surface area contributed by atoms with E-state index < -0.39 is 0 Å². The molecule has 0 N–H and O–H groups in total. The second-order valence-corrected chi connectivity index (χ2v) is 6.81. The minimum absolute atomic E-state index is 0.483. The molecule has 1 aliphatic heterocycles. The second-order valence-electron chi connectivity index (χ2n) is 5.90. The standard InChI is InChI=1S/C18H22BrN3/c1-15(17-2-4-18(19)5-3-17)22-12-10-21(11-13-22)14-16-6-8-20-9-7-16/h2-9,15H,10-14H2,1H3. The van der Waals surface area contributed by atoms with Gasteiger partial charge in [-0.3, -0.25) is 14.8 Å². The third-order valence-electron chi connectivity index (χ3n) is 4.46. The number of aromatic nitrogens is 1. The quantitative estimate of drug-likeness (QED) is 0.829. The minimum atomic E-state index is 0.483. The van der Waals surface area contributed by atoms with Gasteiger partial charge in [0.15, 0.2) is 0 Å². The lowest BCUT2D eigenvalue weighted by atomic mass is 10.1. The maximum Gasteiger partial charge on any atom is 0.0320 e. The Morgan fingerprint density at radius 1 is 1.00 bits per heavy atom. The van der Waals surface area contributed by atoms with Crippen LogP contribution in [0.4, 0.5) is 0 Å². The molecule has 0 spiro atoms. The molecule has 1 fully saturated rings. The molecule has 3 rings (SSSR count). The normalized spacial score (nSPS) is 18.3. The predicted molar refractivity (Wildman–Crippen MR) is 93.6 cm³/mol. The first-order chi connectivity index (χ1) is 10.7. The van der Waals surface area contributed by atoms with Gasteiger partial charge in [-0.25, -0.2) is 0 Å². The van der Waals surface area contributed by atoms with Gasteiger partial charge in [-0.1, -0.05) is 28.1 Å². The average Bonchev–Trinajstić information content (AvgIpc) is 2.57. The summed E-state index contributed by atoms with van der Waals surface area (Å²) in [5, 5.41) is 0. The van der Waals surface area contributed by atoms with Gasteiger partial charge in [0.25, 0.3) is 0 Å². The van der Waals surface area contributed by atoms with Crippen LogP contribution < -0.4 is 0 Å². The summed E-state index contributed by atoms with van der Waals surface area (Å²) in [5.41, 5.74) is 2.75. The van der Waals surface area contributed by atoms with Crippen molar-refractivity contribution in [1.82, 2.24) is 14.8 Å². The van der Waals surface area contributed by atoms with Crippen molar-refractivity contribution in [2.24, 2.45) is 0 Å². The first-order valence-corrected chi connectivity index (χ1v) is 8.62. The van der Waals surface area contributed by atoms with E-state index >= 15 is 0 Å². The maximum atomic E-state index is 4.08. The molecule has 22 heavy (non-hydrogen) atoms. The smallest absolute Gasteiger partial charge is 0.0320 e. The SMILES string of the molecule is CC(c1ccc(Br)cc1)N1CCN(Cc2ccncc2)CC1. The van der Waals surface area contributed by atoms with Crippen LogP contribution >= 0.6 is 15.9 Å². The molecule has 0 radical (unpaired) electrons. The molecule has 3 nitrogen and oxygen atoms in total. The molecule has 1 atom stereocenters. The molecule has 1 aromatic heterocycles. The van der Waals surface area contributed by atoms with Crippen LogP contribution in [0.2, 0.25) is 0 Å². The zero-order valence-corrected chi connectivity index (χ0v) is 14.5. The van der Waals surface area contributed by atoms with E-state index in [1.54, 1.807) is 0 Å². The number of rotatable bonds is 4. The number of piperazine rings is 1. The second kappa shape index (κ2) is 7.36. The van der Waals surface area contributed by atoms with Crippen molar-refractivity contribution in [2.45, 2.75) is 19.5 Å². The largest absolute Gasteiger partial charge is 0.297 e. The van der Waals surface area contributed by atoms with Crippen LogP contribution in [0.1, 0.15) is 24.1 Å². The Balaban J connectivity index is 1.54. The van der Waals surface area contributed by atoms with Crippen LogP contribution in [-0.4, -0.2) is 41.0 Å². The number of hydrogen-bond acceptors (Lipinski definition) is 3. The van der Waals surface area contributed by atoms with Crippen molar-refractivity contribution >= 4 is 15.9 Å². The van der Waals surface area contributed by atoms with Crippen molar-refractivity contribution in [3.63, 3.8) is 0 Å². The van der Waals surface area contributed by atoms with Crippen LogP contribution in [0, 0.1) is 0 Å². The van der Waals surface area contributed by atoms with E-state index in [0.717, 1.165) is 37.2 Å². The summed E-state index contributed by atoms with van der Waals surface area (Å²) in [6, 6.07) is 13.4. The molecule has 2 aromatic rings. The Morgan fingerprint density at radius 3 is 2.27 bits per heavy atom. The van der Waals surface area contributed by atoms with Crippen molar-refractivity contribution < 1.29 is 0 Å². The van der Waals surface area contributed by atoms with E-state index in [9.17, 15) is 0 Å². The van der Waals surface area contributed by atoms with Gasteiger partial charge in [0.2, 0.25) is 0 Å². The van der Waals surface area contributed by atoms with Crippen molar-refractivity contribution in [3.05, 3.63) is 64.4 Å². The third kappa shape index (κ3) is 3.94. The highest BCUT2D eigenvalue weighted by atomic mass is 79.9. The van der Waals surface area contributed by atoms with Gasteiger partial charge in [0, 0.05) is 55.6 Å². The van der Waals surface area contributed by atoms with Crippen molar-refractivity contribution in [3.8, 4) is 0 Å². The lowest BCUT2D eigenvalue weighted by molar-refractivity contribution is 0.0978. The molecule has 0 amide bonds. The Morgan fingerprint density at radius 2 is 1.64 bits per heavy atom. The lowest BCUT2D eigenvalue weighted by Crippen LogP contribution is -2.46. The molecule has 1 unspecified atom stereocenters. The summed E-state index contributed by atoms with van der Waals surface area (Å²) in [4.78, 5) is 9.19. The maximum absolute atomic E-state index is 4.08. The zero-order valence-electron chi connectivity index (χ0n) is 13.0. The van der Waals surface area contributed by atoms with Gasteiger partial charge in [0.1, 0.15) is 0 Å². The summed E-state index contributed by atoms with van der Waals surface area (Å²) in [5.74, 6) is 0. The molecular formula is C18H22BrN3. The minimum Gasteiger partial charge on any atom is -0.297 e. The van der Waals surface area contributed by atoms with Crippen LogP contribution in [0.3, 0.4) is 0 Å². The fourth-order valence-corrected chi connectivity index (χ4v) is 3.27. The van der Waals surface area contributed by atoms with E-state index in [1.807, 2.05) is 12.4 Å². The molecule has 1 aromatic carbocycles. The van der Waals surface area contributed by atoms with Crippen LogP contribution in [0.15, 0.2) is 53.3 Å². The van der Waals surface area contributed by atoms with Crippen molar-refractivity contribution in [1.29, 1.82) is 0 Å². The highest BCUT2D eigenvalue weighted by Gasteiger charge is 2.21. The summed E-state index contributed by atoms with van der Waals surface area (Å²) >= 11 is 3.51. The first-order valence-electron chi connectivity index (χ1n) is 7.83. The zero-order chi connectivity index (χ0) is 15.4. The third-order valence-corrected chi connectivity index (χ3v) is 4.99. The predicted octanol–water partition coefficient (Wildman–Crippen LogP) is 3.72. The van der Waals surface area contributed by atoms with Crippen LogP contribution in [-0.2, 0) is 6.54 Å². The van der Waals surface area contributed by atoms with Crippen LogP contribution in [0.5, 0.6) is 0 Å². The van der Waals surface area contributed by atoms with Gasteiger partial charge in [-0.05, 0) is 42.3 Å². The van der Waals surface area contributed by atoms with E-state index in [2.05, 4.69) is 74.0 Å². The molecule has 116 valence electrons. The fourth-order valence-electron chi connectivity index (χ4n) is 3.01. The van der Waals surface area contributed by atoms with E-state index in [-0.39, 0.29) is 0 Å². The number of halogens is 1. The van der Waals surface area contributed by atoms with Gasteiger partial charge in [0.05, 0.1) is 0 Å². The number of hydrogen-bond donors (Lipinski definition) is 0. The van der Waals surface area contributed by atoms with Crippen LogP contribution in [0.25, 0.3) is 0 Å². The Hall–Kier alpha value is -1.23. The molecule has 4 heteroatoms. The highest BCUT2D eigenvalue weighted by molar-refractivity contribution is 9.10. The number of benzene rings is 1. The summed E-state index contributed by atoms with van der Waals surface area (Å²) in [7, 11) is 0. The topological polar surface area (TPSA) is 19.4 Å².